The van der Waals surface area contributed by atoms with E-state index in [0.717, 1.165) is 16.7 Å². The number of hydrogen-bond acceptors (Lipinski definition) is 6. The van der Waals surface area contributed by atoms with E-state index in [9.17, 15) is 9.90 Å². The van der Waals surface area contributed by atoms with Crippen molar-refractivity contribution in [1.29, 1.82) is 0 Å². The van der Waals surface area contributed by atoms with Crippen LogP contribution in [0.5, 0.6) is 11.6 Å². The maximum atomic E-state index is 11.6. The molecule has 8 heteroatoms. The van der Waals surface area contributed by atoms with Crippen LogP contribution >= 0.6 is 0 Å². The van der Waals surface area contributed by atoms with E-state index in [1.54, 1.807) is 29.9 Å². The maximum Gasteiger partial charge on any atom is 0.248 e. The predicted octanol–water partition coefficient (Wildman–Crippen LogP) is 2.84. The Morgan fingerprint density at radius 1 is 1.22 bits per heavy atom. The number of aliphatic hydroxyl groups is 1. The molecule has 2 aromatic carbocycles. The van der Waals surface area contributed by atoms with Crippen LogP contribution < -0.4 is 21.3 Å². The van der Waals surface area contributed by atoms with Gasteiger partial charge in [-0.15, -0.1) is 5.10 Å². The molecule has 1 aromatic heterocycles. The van der Waals surface area contributed by atoms with Crippen LogP contribution in [0, 0.1) is 13.8 Å². The quantitative estimate of drug-likeness (QED) is 0.505. The van der Waals surface area contributed by atoms with Gasteiger partial charge >= 0.3 is 0 Å². The van der Waals surface area contributed by atoms with Crippen molar-refractivity contribution < 1.29 is 14.6 Å². The highest BCUT2D eigenvalue weighted by Gasteiger charge is 2.14. The van der Waals surface area contributed by atoms with Gasteiger partial charge < -0.3 is 20.9 Å². The Morgan fingerprint density at radius 3 is 2.59 bits per heavy atom. The SMILES string of the molecule is C=C(c1ccc(C(N)=O)c(C)c1)n1nc(Oc2ccccc2C)cc(NCCO)c1=NC. The number of nitrogens with zero attached hydrogens (tertiary/aromatic N) is 3. The number of carbonyl (C=O) groups excluding carboxylic acids is 1. The fourth-order valence-electron chi connectivity index (χ4n) is 3.28. The molecular weight excluding hydrogens is 406 g/mol. The van der Waals surface area contributed by atoms with Gasteiger partial charge in [0.15, 0.2) is 5.49 Å². The highest BCUT2D eigenvalue weighted by Crippen LogP contribution is 2.25. The first kappa shape index (κ1) is 22.8. The van der Waals surface area contributed by atoms with Gasteiger partial charge in [-0.1, -0.05) is 30.8 Å². The predicted molar refractivity (Wildman–Crippen MR) is 125 cm³/mol. The van der Waals surface area contributed by atoms with E-state index in [2.05, 4.69) is 22.0 Å². The Labute approximate surface area is 186 Å². The number of carbonyl (C=O) groups is 1. The van der Waals surface area contributed by atoms with Crippen LogP contribution in [0.25, 0.3) is 5.70 Å². The molecule has 0 aliphatic carbocycles. The molecule has 0 spiro atoms. The van der Waals surface area contributed by atoms with E-state index in [-0.39, 0.29) is 6.61 Å². The Morgan fingerprint density at radius 2 is 1.97 bits per heavy atom. The van der Waals surface area contributed by atoms with E-state index in [0.29, 0.717) is 40.6 Å². The molecule has 166 valence electrons. The number of aromatic nitrogens is 2. The summed E-state index contributed by atoms with van der Waals surface area (Å²) in [5, 5.41) is 17.1. The molecule has 0 radical (unpaired) electrons. The first-order valence-electron chi connectivity index (χ1n) is 10.1. The van der Waals surface area contributed by atoms with Crippen LogP contribution in [-0.2, 0) is 0 Å². The molecule has 32 heavy (non-hydrogen) atoms. The molecule has 1 heterocycles. The molecule has 4 N–H and O–H groups in total. The molecule has 0 bridgehead atoms. The van der Waals surface area contributed by atoms with Gasteiger partial charge in [0.2, 0.25) is 11.8 Å². The van der Waals surface area contributed by atoms with Crippen LogP contribution in [0.4, 0.5) is 5.69 Å². The lowest BCUT2D eigenvalue weighted by atomic mass is 10.0. The first-order valence-corrected chi connectivity index (χ1v) is 10.1. The fraction of sp³-hybridized carbons (Fsp3) is 0.208. The Balaban J connectivity index is 2.12. The Hall–Kier alpha value is -3.91. The maximum absolute atomic E-state index is 11.6. The second-order valence-corrected chi connectivity index (χ2v) is 7.21. The molecule has 3 aromatic rings. The summed E-state index contributed by atoms with van der Waals surface area (Å²) in [5.74, 6) is 0.519. The second-order valence-electron chi connectivity index (χ2n) is 7.21. The molecule has 0 saturated carbocycles. The first-order chi connectivity index (χ1) is 15.3. The minimum atomic E-state index is -0.487. The molecule has 0 aliphatic rings. The second kappa shape index (κ2) is 9.93. The number of rotatable bonds is 8. The number of para-hydroxylation sites is 1. The molecular formula is C24H27N5O3. The zero-order chi connectivity index (χ0) is 23.3. The smallest absolute Gasteiger partial charge is 0.248 e. The van der Waals surface area contributed by atoms with Crippen molar-refractivity contribution in [2.45, 2.75) is 13.8 Å². The molecule has 1 amide bonds. The third-order valence-corrected chi connectivity index (χ3v) is 4.94. The summed E-state index contributed by atoms with van der Waals surface area (Å²) in [4.78, 5) is 16.0. The van der Waals surface area contributed by atoms with Gasteiger partial charge in [0.25, 0.3) is 0 Å². The normalized spacial score (nSPS) is 11.3. The molecule has 8 nitrogen and oxygen atoms in total. The summed E-state index contributed by atoms with van der Waals surface area (Å²) in [7, 11) is 1.65. The average Bonchev–Trinajstić information content (AvgIpc) is 2.78. The minimum Gasteiger partial charge on any atom is -0.437 e. The van der Waals surface area contributed by atoms with Crippen molar-refractivity contribution in [2.75, 3.05) is 25.5 Å². The van der Waals surface area contributed by atoms with Crippen molar-refractivity contribution >= 4 is 17.3 Å². The van der Waals surface area contributed by atoms with Crippen LogP contribution in [0.1, 0.15) is 27.0 Å². The summed E-state index contributed by atoms with van der Waals surface area (Å²) in [6.45, 7) is 8.24. The number of amides is 1. The number of anilines is 1. The molecule has 3 rings (SSSR count). The number of benzene rings is 2. The lowest BCUT2D eigenvalue weighted by molar-refractivity contribution is 0.0999. The van der Waals surface area contributed by atoms with E-state index in [1.165, 1.54) is 0 Å². The van der Waals surface area contributed by atoms with Gasteiger partial charge in [0.1, 0.15) is 5.75 Å². The van der Waals surface area contributed by atoms with Gasteiger partial charge in [0, 0.05) is 25.2 Å². The molecule has 0 unspecified atom stereocenters. The fourth-order valence-corrected chi connectivity index (χ4v) is 3.28. The summed E-state index contributed by atoms with van der Waals surface area (Å²) in [5.41, 5.74) is 10.00. The molecule has 0 aliphatic heterocycles. The van der Waals surface area contributed by atoms with Crippen LogP contribution in [0.15, 0.2) is 60.1 Å². The van der Waals surface area contributed by atoms with E-state index in [4.69, 9.17) is 10.5 Å². The van der Waals surface area contributed by atoms with Crippen molar-refractivity contribution in [1.82, 2.24) is 9.78 Å². The number of aryl methyl sites for hydroxylation is 2. The summed E-state index contributed by atoms with van der Waals surface area (Å²) in [6.07, 6.45) is 0. The number of ether oxygens (including phenoxy) is 1. The van der Waals surface area contributed by atoms with Crippen molar-refractivity contribution in [3.63, 3.8) is 0 Å². The van der Waals surface area contributed by atoms with Gasteiger partial charge in [0.05, 0.1) is 18.0 Å². The van der Waals surface area contributed by atoms with Crippen molar-refractivity contribution in [3.05, 3.63) is 82.9 Å². The van der Waals surface area contributed by atoms with E-state index >= 15 is 0 Å². The number of nitrogens with one attached hydrogen (secondary N) is 1. The lowest BCUT2D eigenvalue weighted by Gasteiger charge is -2.17. The number of hydrogen-bond donors (Lipinski definition) is 3. The largest absolute Gasteiger partial charge is 0.437 e. The highest BCUT2D eigenvalue weighted by molar-refractivity contribution is 5.94. The monoisotopic (exact) mass is 433 g/mol. The highest BCUT2D eigenvalue weighted by atomic mass is 16.5. The van der Waals surface area contributed by atoms with Crippen LogP contribution in [0.3, 0.4) is 0 Å². The van der Waals surface area contributed by atoms with Gasteiger partial charge in [-0.2, -0.15) is 0 Å². The topological polar surface area (TPSA) is 115 Å². The third kappa shape index (κ3) is 4.87. The molecule has 0 fully saturated rings. The summed E-state index contributed by atoms with van der Waals surface area (Å²) < 4.78 is 7.63. The average molecular weight is 434 g/mol. The lowest BCUT2D eigenvalue weighted by Crippen LogP contribution is -2.28. The Bertz CT molecular complexity index is 1230. The summed E-state index contributed by atoms with van der Waals surface area (Å²) >= 11 is 0. The zero-order valence-electron chi connectivity index (χ0n) is 18.4. The number of primary amides is 1. The zero-order valence-corrected chi connectivity index (χ0v) is 18.4. The number of aliphatic hydroxyl groups excluding tert-OH is 1. The standard InChI is InChI=1S/C24H27N5O3/c1-15-7-5-6-8-21(15)32-22-14-20(27-11-12-30)24(26-4)29(28-22)17(3)18-9-10-19(23(25)31)16(2)13-18/h5-10,13-14,27,30H,3,11-12H2,1-2,4H3,(H2,25,31). The third-order valence-electron chi connectivity index (χ3n) is 4.94. The summed E-state index contributed by atoms with van der Waals surface area (Å²) in [6, 6.07) is 14.6. The van der Waals surface area contributed by atoms with Gasteiger partial charge in [-0.25, -0.2) is 4.68 Å². The Kier molecular flexibility index (Phi) is 7.07. The van der Waals surface area contributed by atoms with Crippen LogP contribution in [-0.4, -0.2) is 41.0 Å². The van der Waals surface area contributed by atoms with Crippen LogP contribution in [0.2, 0.25) is 0 Å². The van der Waals surface area contributed by atoms with E-state index in [1.807, 2.05) is 44.2 Å². The number of nitrogens with two attached hydrogens (primary N) is 1. The van der Waals surface area contributed by atoms with Crippen molar-refractivity contribution in [3.8, 4) is 11.6 Å². The van der Waals surface area contributed by atoms with Gasteiger partial charge in [-0.05, 0) is 48.7 Å². The van der Waals surface area contributed by atoms with Crippen molar-refractivity contribution in [2.24, 2.45) is 10.7 Å². The molecule has 0 saturated heterocycles. The van der Waals surface area contributed by atoms with E-state index < -0.39 is 5.91 Å². The minimum absolute atomic E-state index is 0.0474. The van der Waals surface area contributed by atoms with Gasteiger partial charge in [-0.3, -0.25) is 9.79 Å². The molecule has 0 atom stereocenters.